The number of para-hydroxylation sites is 1. The van der Waals surface area contributed by atoms with Gasteiger partial charge in [0.25, 0.3) is 0 Å². The molecule has 6 heteroatoms. The van der Waals surface area contributed by atoms with Gasteiger partial charge < -0.3 is 15.2 Å². The van der Waals surface area contributed by atoms with Gasteiger partial charge in [-0.2, -0.15) is 0 Å². The quantitative estimate of drug-likeness (QED) is 0.448. The number of benzene rings is 3. The zero-order chi connectivity index (χ0) is 20.7. The fourth-order valence-corrected chi connectivity index (χ4v) is 4.21. The van der Waals surface area contributed by atoms with E-state index in [1.54, 1.807) is 23.1 Å². The number of carbonyl (C=O) groups is 1. The second-order valence-corrected chi connectivity index (χ2v) is 7.37. The van der Waals surface area contributed by atoms with E-state index in [1.165, 1.54) is 30.3 Å². The number of hydrogen-bond donors (Lipinski definition) is 2. The second-order valence-electron chi connectivity index (χ2n) is 7.37. The molecule has 3 aromatic carbocycles. The zero-order valence-corrected chi connectivity index (χ0v) is 16.0. The number of nitrogens with zero attached hydrogens (tertiary/aromatic N) is 1. The largest absolute Gasteiger partial charge is 0.356 e. The maximum Gasteiger partial charge on any atom is 0.322 e. The van der Waals surface area contributed by atoms with Crippen LogP contribution >= 0.6 is 0 Å². The normalized spacial score (nSPS) is 15.8. The lowest BCUT2D eigenvalue weighted by molar-refractivity contribution is 0.192. The number of amides is 2. The number of anilines is 1. The first kappa shape index (κ1) is 18.4. The summed E-state index contributed by atoms with van der Waals surface area (Å²) in [6.07, 6.45) is 0.654. The number of urea groups is 1. The van der Waals surface area contributed by atoms with Crippen LogP contribution < -0.4 is 5.32 Å². The van der Waals surface area contributed by atoms with E-state index in [0.29, 0.717) is 24.2 Å². The molecule has 150 valence electrons. The summed E-state index contributed by atoms with van der Waals surface area (Å²) < 4.78 is 28.0. The molecule has 2 heterocycles. The molecule has 1 aliphatic heterocycles. The smallest absolute Gasteiger partial charge is 0.322 e. The number of aromatic amines is 1. The van der Waals surface area contributed by atoms with Gasteiger partial charge in [0.15, 0.2) is 0 Å². The zero-order valence-electron chi connectivity index (χ0n) is 16.0. The van der Waals surface area contributed by atoms with E-state index in [2.05, 4.69) is 10.3 Å². The summed E-state index contributed by atoms with van der Waals surface area (Å²) >= 11 is 0. The Morgan fingerprint density at radius 1 is 0.967 bits per heavy atom. The Morgan fingerprint density at radius 2 is 1.70 bits per heavy atom. The molecule has 0 unspecified atom stereocenters. The van der Waals surface area contributed by atoms with Crippen molar-refractivity contribution in [2.45, 2.75) is 12.5 Å². The van der Waals surface area contributed by atoms with Gasteiger partial charge in [-0.05, 0) is 48.4 Å². The first-order chi connectivity index (χ1) is 14.6. The van der Waals surface area contributed by atoms with Crippen molar-refractivity contribution in [2.24, 2.45) is 0 Å². The maximum absolute atomic E-state index is 14.8. The minimum Gasteiger partial charge on any atom is -0.356 e. The first-order valence-electron chi connectivity index (χ1n) is 9.79. The molecule has 5 rings (SSSR count). The third-order valence-electron chi connectivity index (χ3n) is 5.59. The Bertz CT molecular complexity index is 1230. The predicted octanol–water partition coefficient (Wildman–Crippen LogP) is 5.63. The topological polar surface area (TPSA) is 48.1 Å². The van der Waals surface area contributed by atoms with Crippen molar-refractivity contribution in [3.63, 3.8) is 0 Å². The summed E-state index contributed by atoms with van der Waals surface area (Å²) in [6, 6.07) is 19.1. The van der Waals surface area contributed by atoms with Crippen LogP contribution in [0.25, 0.3) is 10.9 Å². The molecule has 30 heavy (non-hydrogen) atoms. The minimum absolute atomic E-state index is 0.362. The number of nitrogens with one attached hydrogen (secondary N) is 2. The molecule has 0 saturated heterocycles. The highest BCUT2D eigenvalue weighted by molar-refractivity contribution is 5.91. The lowest BCUT2D eigenvalue weighted by atomic mass is 9.92. The lowest BCUT2D eigenvalue weighted by Crippen LogP contribution is -2.43. The number of rotatable bonds is 2. The molecule has 0 fully saturated rings. The van der Waals surface area contributed by atoms with E-state index >= 15 is 0 Å². The number of fused-ring (bicyclic) bond motifs is 3. The molecule has 0 spiro atoms. The molecule has 4 nitrogen and oxygen atoms in total. The molecular formula is C24H19F2N3O. The summed E-state index contributed by atoms with van der Waals surface area (Å²) in [5.74, 6) is -0.744. The van der Waals surface area contributed by atoms with Gasteiger partial charge in [0, 0.05) is 34.4 Å². The summed E-state index contributed by atoms with van der Waals surface area (Å²) in [4.78, 5) is 18.2. The maximum atomic E-state index is 14.8. The van der Waals surface area contributed by atoms with Crippen molar-refractivity contribution in [3.05, 3.63) is 101 Å². The van der Waals surface area contributed by atoms with Crippen LogP contribution in [-0.4, -0.2) is 22.5 Å². The van der Waals surface area contributed by atoms with Crippen LogP contribution in [-0.2, 0) is 6.42 Å². The van der Waals surface area contributed by atoms with Crippen LogP contribution in [0.5, 0.6) is 0 Å². The molecule has 2 amide bonds. The average molecular weight is 403 g/mol. The Kier molecular flexibility index (Phi) is 4.47. The predicted molar refractivity (Wildman–Crippen MR) is 112 cm³/mol. The summed E-state index contributed by atoms with van der Waals surface area (Å²) in [5, 5.41) is 3.90. The number of carbonyl (C=O) groups excluding carboxylic acids is 1. The number of hydrogen-bond acceptors (Lipinski definition) is 1. The van der Waals surface area contributed by atoms with Crippen molar-refractivity contribution >= 4 is 22.6 Å². The monoisotopic (exact) mass is 403 g/mol. The van der Waals surface area contributed by atoms with E-state index in [4.69, 9.17) is 0 Å². The third kappa shape index (κ3) is 3.10. The molecule has 4 aromatic rings. The molecule has 0 bridgehead atoms. The second kappa shape index (κ2) is 7.30. The van der Waals surface area contributed by atoms with Gasteiger partial charge in [-0.1, -0.05) is 36.4 Å². The van der Waals surface area contributed by atoms with Crippen LogP contribution in [0.1, 0.15) is 22.9 Å². The summed E-state index contributed by atoms with van der Waals surface area (Å²) in [6.45, 7) is 0.431. The lowest BCUT2D eigenvalue weighted by Gasteiger charge is -2.36. The summed E-state index contributed by atoms with van der Waals surface area (Å²) in [5.41, 5.74) is 3.80. The average Bonchev–Trinajstić information content (AvgIpc) is 3.14. The third-order valence-corrected chi connectivity index (χ3v) is 5.59. The van der Waals surface area contributed by atoms with Gasteiger partial charge in [-0.15, -0.1) is 0 Å². The molecule has 1 atom stereocenters. The molecule has 0 aliphatic carbocycles. The number of aromatic nitrogens is 1. The van der Waals surface area contributed by atoms with Crippen molar-refractivity contribution in [1.82, 2.24) is 9.88 Å². The van der Waals surface area contributed by atoms with Gasteiger partial charge >= 0.3 is 6.03 Å². The Labute approximate surface area is 172 Å². The van der Waals surface area contributed by atoms with Crippen LogP contribution in [0.15, 0.2) is 72.8 Å². The highest BCUT2D eigenvalue weighted by Gasteiger charge is 2.35. The van der Waals surface area contributed by atoms with Gasteiger partial charge in [0.2, 0.25) is 0 Å². The van der Waals surface area contributed by atoms with Crippen molar-refractivity contribution in [3.8, 4) is 0 Å². The van der Waals surface area contributed by atoms with Crippen LogP contribution in [0.2, 0.25) is 0 Å². The van der Waals surface area contributed by atoms with Crippen LogP contribution in [0.3, 0.4) is 0 Å². The van der Waals surface area contributed by atoms with Crippen LogP contribution in [0.4, 0.5) is 19.3 Å². The minimum atomic E-state index is -0.595. The van der Waals surface area contributed by atoms with Crippen molar-refractivity contribution in [1.29, 1.82) is 0 Å². The van der Waals surface area contributed by atoms with Gasteiger partial charge in [0.05, 0.1) is 0 Å². The molecule has 2 N–H and O–H groups in total. The van der Waals surface area contributed by atoms with E-state index in [9.17, 15) is 13.6 Å². The highest BCUT2D eigenvalue weighted by atomic mass is 19.1. The molecular weight excluding hydrogens is 384 g/mol. The van der Waals surface area contributed by atoms with Gasteiger partial charge in [0.1, 0.15) is 17.7 Å². The summed E-state index contributed by atoms with van der Waals surface area (Å²) in [7, 11) is 0. The molecule has 0 saturated carbocycles. The fraction of sp³-hybridized carbons (Fsp3) is 0.125. The van der Waals surface area contributed by atoms with E-state index in [0.717, 1.165) is 22.2 Å². The van der Waals surface area contributed by atoms with E-state index in [1.807, 2.05) is 24.3 Å². The fourth-order valence-electron chi connectivity index (χ4n) is 4.21. The van der Waals surface area contributed by atoms with Crippen molar-refractivity contribution in [2.75, 3.05) is 11.9 Å². The Morgan fingerprint density at radius 3 is 2.50 bits per heavy atom. The first-order valence-corrected chi connectivity index (χ1v) is 9.79. The highest BCUT2D eigenvalue weighted by Crippen LogP contribution is 2.39. The van der Waals surface area contributed by atoms with Gasteiger partial charge in [-0.25, -0.2) is 13.6 Å². The van der Waals surface area contributed by atoms with Crippen molar-refractivity contribution < 1.29 is 13.6 Å². The van der Waals surface area contributed by atoms with Gasteiger partial charge in [-0.3, -0.25) is 0 Å². The number of halogens is 2. The standard InChI is InChI=1S/C24H19F2N3O/c25-15-9-11-16(12-10-15)27-24(30)29-14-13-18-17-5-2-4-8-21(17)28-22(18)23(29)19-6-1-3-7-20(19)26/h1-12,23,28H,13-14H2,(H,27,30)/t23-/m1/s1. The van der Waals surface area contributed by atoms with E-state index < -0.39 is 6.04 Å². The Balaban J connectivity index is 1.59. The van der Waals surface area contributed by atoms with E-state index in [-0.39, 0.29) is 17.7 Å². The van der Waals surface area contributed by atoms with Crippen LogP contribution in [0, 0.1) is 11.6 Å². The molecule has 1 aliphatic rings. The molecule has 0 radical (unpaired) electrons. The molecule has 1 aromatic heterocycles. The SMILES string of the molecule is O=C(Nc1ccc(F)cc1)N1CCc2c([nH]c3ccccc23)[C@H]1c1ccccc1F. The Hall–Kier alpha value is -3.67. The number of H-pyrrole nitrogens is 1.